The fourth-order valence-electron chi connectivity index (χ4n) is 2.66. The average Bonchev–Trinajstić information content (AvgIpc) is 3.40. The molecule has 0 unspecified atom stereocenters. The predicted molar refractivity (Wildman–Crippen MR) is 96.8 cm³/mol. The van der Waals surface area contributed by atoms with Crippen LogP contribution in [0.25, 0.3) is 0 Å². The third kappa shape index (κ3) is 4.45. The van der Waals surface area contributed by atoms with E-state index in [1.54, 1.807) is 6.07 Å². The van der Waals surface area contributed by atoms with Crippen LogP contribution in [0.2, 0.25) is 0 Å². The standard InChI is InChI=1S/C19H23F3N4/c1-4-12(3)23-18-25-16(13-6-7-13)10-17(26-18)24-14-8-5-11(2)15(9-14)19(20,21)22/h5,8-10,12-13H,4,6-7H2,1-3H3,(H2,23,24,25,26)/t12-/m1/s1. The van der Waals surface area contributed by atoms with Crippen LogP contribution < -0.4 is 10.6 Å². The van der Waals surface area contributed by atoms with Crippen LogP contribution in [-0.2, 0) is 6.18 Å². The van der Waals surface area contributed by atoms with Crippen LogP contribution >= 0.6 is 0 Å². The van der Waals surface area contributed by atoms with Crippen molar-refractivity contribution >= 4 is 17.5 Å². The number of aryl methyl sites for hydroxylation is 1. The quantitative estimate of drug-likeness (QED) is 0.697. The van der Waals surface area contributed by atoms with Gasteiger partial charge >= 0.3 is 6.18 Å². The highest BCUT2D eigenvalue weighted by molar-refractivity contribution is 5.60. The van der Waals surface area contributed by atoms with Crippen LogP contribution in [-0.4, -0.2) is 16.0 Å². The van der Waals surface area contributed by atoms with E-state index in [4.69, 9.17) is 0 Å². The summed E-state index contributed by atoms with van der Waals surface area (Å²) in [4.78, 5) is 8.98. The molecule has 2 aromatic rings. The molecule has 0 bridgehead atoms. The number of benzene rings is 1. The van der Waals surface area contributed by atoms with Gasteiger partial charge in [-0.1, -0.05) is 13.0 Å². The summed E-state index contributed by atoms with van der Waals surface area (Å²) in [6.45, 7) is 5.55. The number of halogens is 3. The van der Waals surface area contributed by atoms with Crippen molar-refractivity contribution in [2.45, 2.75) is 58.2 Å². The first-order valence-electron chi connectivity index (χ1n) is 8.86. The Kier molecular flexibility index (Phi) is 5.07. The summed E-state index contributed by atoms with van der Waals surface area (Å²) in [5, 5.41) is 6.25. The number of hydrogen-bond acceptors (Lipinski definition) is 4. The lowest BCUT2D eigenvalue weighted by atomic mass is 10.1. The Hall–Kier alpha value is -2.31. The first kappa shape index (κ1) is 18.5. The summed E-state index contributed by atoms with van der Waals surface area (Å²) in [7, 11) is 0. The largest absolute Gasteiger partial charge is 0.416 e. The predicted octanol–water partition coefficient (Wildman–Crippen LogP) is 5.64. The van der Waals surface area contributed by atoms with Crippen molar-refractivity contribution in [2.75, 3.05) is 10.6 Å². The number of rotatable bonds is 6. The van der Waals surface area contributed by atoms with E-state index in [0.29, 0.717) is 23.4 Å². The summed E-state index contributed by atoms with van der Waals surface area (Å²) in [6, 6.07) is 6.26. The third-order valence-electron chi connectivity index (χ3n) is 4.54. The van der Waals surface area contributed by atoms with Crippen LogP contribution in [0.4, 0.5) is 30.6 Å². The van der Waals surface area contributed by atoms with Gasteiger partial charge in [0.25, 0.3) is 0 Å². The zero-order valence-electron chi connectivity index (χ0n) is 15.1. The minimum atomic E-state index is -4.38. The fourth-order valence-corrected chi connectivity index (χ4v) is 2.66. The second kappa shape index (κ2) is 7.13. The number of hydrogen-bond donors (Lipinski definition) is 2. The summed E-state index contributed by atoms with van der Waals surface area (Å²) in [6.07, 6.45) is -1.29. The molecule has 0 aliphatic heterocycles. The van der Waals surface area contributed by atoms with Crippen molar-refractivity contribution in [3.8, 4) is 0 Å². The molecule has 140 valence electrons. The van der Waals surface area contributed by atoms with Crippen LogP contribution in [0, 0.1) is 6.92 Å². The van der Waals surface area contributed by atoms with Gasteiger partial charge in [0.15, 0.2) is 0 Å². The maximum absolute atomic E-state index is 13.1. The fraction of sp³-hybridized carbons (Fsp3) is 0.474. The van der Waals surface area contributed by atoms with Gasteiger partial charge in [0.2, 0.25) is 5.95 Å². The van der Waals surface area contributed by atoms with Gasteiger partial charge in [0.1, 0.15) is 5.82 Å². The van der Waals surface area contributed by atoms with Gasteiger partial charge in [-0.2, -0.15) is 18.2 Å². The average molecular weight is 364 g/mol. The number of aromatic nitrogens is 2. The van der Waals surface area contributed by atoms with E-state index in [1.165, 1.54) is 13.0 Å². The molecular formula is C19H23F3N4. The summed E-state index contributed by atoms with van der Waals surface area (Å²) >= 11 is 0. The molecule has 0 saturated heterocycles. The second-order valence-electron chi connectivity index (χ2n) is 6.88. The maximum atomic E-state index is 13.1. The first-order chi connectivity index (χ1) is 12.3. The van der Waals surface area contributed by atoms with Crippen LogP contribution in [0.3, 0.4) is 0 Å². The van der Waals surface area contributed by atoms with Gasteiger partial charge < -0.3 is 10.6 Å². The molecule has 0 radical (unpaired) electrons. The monoisotopic (exact) mass is 364 g/mol. The van der Waals surface area contributed by atoms with Crippen molar-refractivity contribution in [1.29, 1.82) is 0 Å². The molecule has 1 aliphatic carbocycles. The Morgan fingerprint density at radius 3 is 2.54 bits per heavy atom. The normalized spacial score (nSPS) is 15.6. The third-order valence-corrected chi connectivity index (χ3v) is 4.54. The Morgan fingerprint density at radius 2 is 1.92 bits per heavy atom. The second-order valence-corrected chi connectivity index (χ2v) is 6.88. The molecule has 0 amide bonds. The molecule has 26 heavy (non-hydrogen) atoms. The highest BCUT2D eigenvalue weighted by Gasteiger charge is 2.32. The number of alkyl halides is 3. The van der Waals surface area contributed by atoms with Crippen LogP contribution in [0.15, 0.2) is 24.3 Å². The minimum absolute atomic E-state index is 0.198. The Balaban J connectivity index is 1.89. The molecule has 4 nitrogen and oxygen atoms in total. The molecule has 1 saturated carbocycles. The molecule has 2 N–H and O–H groups in total. The molecule has 0 spiro atoms. The molecule has 1 atom stereocenters. The van der Waals surface area contributed by atoms with E-state index < -0.39 is 11.7 Å². The minimum Gasteiger partial charge on any atom is -0.352 e. The zero-order chi connectivity index (χ0) is 18.9. The topological polar surface area (TPSA) is 49.8 Å². The van der Waals surface area contributed by atoms with E-state index >= 15 is 0 Å². The molecule has 3 rings (SSSR count). The number of nitrogens with zero attached hydrogens (tertiary/aromatic N) is 2. The van der Waals surface area contributed by atoms with E-state index in [2.05, 4.69) is 27.5 Å². The number of anilines is 3. The summed E-state index contributed by atoms with van der Waals surface area (Å²) < 4.78 is 39.4. The van der Waals surface area contributed by atoms with E-state index in [1.807, 2.05) is 13.0 Å². The van der Waals surface area contributed by atoms with E-state index in [-0.39, 0.29) is 11.6 Å². The van der Waals surface area contributed by atoms with Crippen molar-refractivity contribution < 1.29 is 13.2 Å². The summed E-state index contributed by atoms with van der Waals surface area (Å²) in [5.74, 6) is 1.43. The Labute approximate surface area is 151 Å². The van der Waals surface area contributed by atoms with E-state index in [9.17, 15) is 13.2 Å². The van der Waals surface area contributed by atoms with Crippen molar-refractivity contribution in [3.63, 3.8) is 0 Å². The highest BCUT2D eigenvalue weighted by Crippen LogP contribution is 2.40. The smallest absolute Gasteiger partial charge is 0.352 e. The van der Waals surface area contributed by atoms with Gasteiger partial charge in [-0.3, -0.25) is 0 Å². The highest BCUT2D eigenvalue weighted by atomic mass is 19.4. The molecule has 7 heteroatoms. The first-order valence-corrected chi connectivity index (χ1v) is 8.86. The van der Waals surface area contributed by atoms with Gasteiger partial charge in [0, 0.05) is 23.7 Å². The molecule has 1 aromatic heterocycles. The van der Waals surface area contributed by atoms with Crippen LogP contribution in [0.5, 0.6) is 0 Å². The van der Waals surface area contributed by atoms with Crippen molar-refractivity contribution in [2.24, 2.45) is 0 Å². The lowest BCUT2D eigenvalue weighted by Gasteiger charge is -2.16. The molecule has 1 heterocycles. The number of nitrogens with one attached hydrogen (secondary N) is 2. The van der Waals surface area contributed by atoms with Gasteiger partial charge in [-0.05, 0) is 50.8 Å². The summed E-state index contributed by atoms with van der Waals surface area (Å²) in [5.41, 5.74) is 0.842. The maximum Gasteiger partial charge on any atom is 0.416 e. The SMILES string of the molecule is CC[C@@H](C)Nc1nc(Nc2ccc(C)c(C(F)(F)F)c2)cc(C2CC2)n1. The van der Waals surface area contributed by atoms with Gasteiger partial charge in [0.05, 0.1) is 11.3 Å². The van der Waals surface area contributed by atoms with E-state index in [0.717, 1.165) is 31.0 Å². The molecule has 1 aromatic carbocycles. The zero-order valence-corrected chi connectivity index (χ0v) is 15.1. The van der Waals surface area contributed by atoms with Crippen molar-refractivity contribution in [1.82, 2.24) is 9.97 Å². The van der Waals surface area contributed by atoms with Gasteiger partial charge in [-0.25, -0.2) is 4.98 Å². The Morgan fingerprint density at radius 1 is 1.19 bits per heavy atom. The van der Waals surface area contributed by atoms with Crippen molar-refractivity contribution in [3.05, 3.63) is 41.1 Å². The molecule has 1 fully saturated rings. The lowest BCUT2D eigenvalue weighted by Crippen LogP contribution is -2.16. The molecular weight excluding hydrogens is 341 g/mol. The lowest BCUT2D eigenvalue weighted by molar-refractivity contribution is -0.138. The van der Waals surface area contributed by atoms with Gasteiger partial charge in [-0.15, -0.1) is 0 Å². The Bertz CT molecular complexity index is 785. The van der Waals surface area contributed by atoms with Crippen LogP contribution in [0.1, 0.15) is 55.8 Å². The molecule has 1 aliphatic rings.